The largest absolute Gasteiger partial charge is 0.495 e. The molecule has 0 saturated carbocycles. The second-order valence-electron chi connectivity index (χ2n) is 3.66. The number of rotatable bonds is 5. The zero-order chi connectivity index (χ0) is 13.7. The lowest BCUT2D eigenvalue weighted by atomic mass is 10.3. The number of ether oxygens (including phenoxy) is 1. The molecule has 0 heterocycles. The van der Waals surface area contributed by atoms with Gasteiger partial charge in [0.15, 0.2) is 0 Å². The van der Waals surface area contributed by atoms with E-state index in [0.717, 1.165) is 16.3 Å². The normalized spacial score (nSPS) is 9.95. The highest BCUT2D eigenvalue weighted by Gasteiger charge is 2.05. The van der Waals surface area contributed by atoms with Crippen LogP contribution in [0.3, 0.4) is 0 Å². The van der Waals surface area contributed by atoms with E-state index in [4.69, 9.17) is 4.74 Å². The summed E-state index contributed by atoms with van der Waals surface area (Å²) in [7, 11) is 1.61. The van der Waals surface area contributed by atoms with Gasteiger partial charge in [-0.1, -0.05) is 12.1 Å². The molecule has 2 rings (SSSR count). The Kier molecular flexibility index (Phi) is 4.25. The Labute approximate surface area is 114 Å². The van der Waals surface area contributed by atoms with Gasteiger partial charge in [-0.15, -0.1) is 0 Å². The van der Waals surface area contributed by atoms with Crippen LogP contribution in [0, 0.1) is 10.1 Å². The summed E-state index contributed by atoms with van der Waals surface area (Å²) < 4.78 is 8.37. The topological polar surface area (TPSA) is 64.4 Å². The third-order valence-corrected chi connectivity index (χ3v) is 3.26. The summed E-state index contributed by atoms with van der Waals surface area (Å²) in [6, 6.07) is 13.9. The van der Waals surface area contributed by atoms with Gasteiger partial charge in [-0.3, -0.25) is 10.1 Å². The number of nitrogens with zero attached hydrogens (tertiary/aromatic N) is 1. The lowest BCUT2D eigenvalue weighted by Crippen LogP contribution is -1.92. The fraction of sp³-hybridized carbons (Fsp3) is 0.0769. The molecule has 0 saturated heterocycles. The quantitative estimate of drug-likeness (QED) is 0.512. The molecule has 2 aromatic rings. The molecule has 0 amide bonds. The molecular weight excluding hydrogens is 264 g/mol. The summed E-state index contributed by atoms with van der Waals surface area (Å²) in [5.74, 6) is 0.747. The number of nitrogens with one attached hydrogen (secondary N) is 1. The van der Waals surface area contributed by atoms with Gasteiger partial charge in [0.2, 0.25) is 0 Å². The number of benzene rings is 2. The third kappa shape index (κ3) is 3.38. The number of methoxy groups -OCH3 is 1. The van der Waals surface area contributed by atoms with Gasteiger partial charge in [0, 0.05) is 17.0 Å². The van der Waals surface area contributed by atoms with Crippen LogP contribution in [-0.2, 0) is 0 Å². The minimum Gasteiger partial charge on any atom is -0.495 e. The van der Waals surface area contributed by atoms with Crippen LogP contribution in [0.5, 0.6) is 5.75 Å². The van der Waals surface area contributed by atoms with E-state index in [9.17, 15) is 10.1 Å². The van der Waals surface area contributed by atoms with Crippen molar-refractivity contribution in [1.82, 2.24) is 0 Å². The van der Waals surface area contributed by atoms with Gasteiger partial charge < -0.3 is 9.46 Å². The van der Waals surface area contributed by atoms with Crippen LogP contribution in [0.4, 0.5) is 11.4 Å². The molecule has 0 unspecified atom stereocenters. The highest BCUT2D eigenvalue weighted by Crippen LogP contribution is 2.29. The van der Waals surface area contributed by atoms with Crippen molar-refractivity contribution in [2.24, 2.45) is 0 Å². The van der Waals surface area contributed by atoms with Crippen molar-refractivity contribution in [1.29, 1.82) is 0 Å². The van der Waals surface area contributed by atoms with Crippen molar-refractivity contribution in [3.63, 3.8) is 0 Å². The number of hydrogen-bond donors (Lipinski definition) is 1. The van der Waals surface area contributed by atoms with Gasteiger partial charge in [-0.2, -0.15) is 0 Å². The smallest absolute Gasteiger partial charge is 0.269 e. The minimum absolute atomic E-state index is 0.0849. The summed E-state index contributed by atoms with van der Waals surface area (Å²) in [6.45, 7) is 0. The summed E-state index contributed by atoms with van der Waals surface area (Å²) in [4.78, 5) is 11.0. The van der Waals surface area contributed by atoms with Crippen molar-refractivity contribution >= 4 is 23.3 Å². The Bertz CT molecular complexity index is 572. The van der Waals surface area contributed by atoms with Gasteiger partial charge in [-0.25, -0.2) is 0 Å². The minimum atomic E-state index is -0.415. The Hall–Kier alpha value is -2.21. The first-order valence-corrected chi connectivity index (χ1v) is 6.32. The Balaban J connectivity index is 2.04. The molecule has 0 aliphatic carbocycles. The number of non-ortho nitro benzene ring substituents is 1. The van der Waals surface area contributed by atoms with Gasteiger partial charge in [0.1, 0.15) is 5.75 Å². The maximum atomic E-state index is 10.5. The third-order valence-electron chi connectivity index (χ3n) is 2.43. The van der Waals surface area contributed by atoms with Gasteiger partial charge in [-0.05, 0) is 36.2 Å². The van der Waals surface area contributed by atoms with Gasteiger partial charge >= 0.3 is 0 Å². The second kappa shape index (κ2) is 6.10. The van der Waals surface area contributed by atoms with Crippen LogP contribution >= 0.6 is 11.9 Å². The Morgan fingerprint density at radius 1 is 1.16 bits per heavy atom. The highest BCUT2D eigenvalue weighted by atomic mass is 32.2. The first kappa shape index (κ1) is 13.2. The predicted molar refractivity (Wildman–Crippen MR) is 75.6 cm³/mol. The summed E-state index contributed by atoms with van der Waals surface area (Å²) in [5.41, 5.74) is 0.940. The standard InChI is InChI=1S/C13H12N2O3S/c1-18-13-5-3-2-4-12(13)14-19-11-8-6-10(7-9-11)15(16)17/h2-9,14H,1H3. The van der Waals surface area contributed by atoms with Gasteiger partial charge in [0.25, 0.3) is 5.69 Å². The second-order valence-corrected chi connectivity index (χ2v) is 4.54. The fourth-order valence-electron chi connectivity index (χ4n) is 1.48. The maximum absolute atomic E-state index is 10.5. The van der Waals surface area contributed by atoms with Crippen LogP contribution < -0.4 is 9.46 Å². The average Bonchev–Trinajstić information content (AvgIpc) is 2.45. The molecule has 0 bridgehead atoms. The van der Waals surface area contributed by atoms with Crippen molar-refractivity contribution in [3.8, 4) is 5.75 Å². The van der Waals surface area contributed by atoms with Gasteiger partial charge in [0.05, 0.1) is 17.7 Å². The molecule has 0 aliphatic heterocycles. The van der Waals surface area contributed by atoms with Crippen LogP contribution in [-0.4, -0.2) is 12.0 Å². The number of anilines is 1. The van der Waals surface area contributed by atoms with E-state index >= 15 is 0 Å². The summed E-state index contributed by atoms with van der Waals surface area (Å²) >= 11 is 1.37. The molecular formula is C13H12N2O3S. The molecule has 0 aromatic heterocycles. The lowest BCUT2D eigenvalue weighted by Gasteiger charge is -2.09. The molecule has 0 atom stereocenters. The van der Waals surface area contributed by atoms with Crippen molar-refractivity contribution in [2.45, 2.75) is 4.90 Å². The van der Waals surface area contributed by atoms with E-state index in [1.807, 2.05) is 24.3 Å². The summed E-state index contributed by atoms with van der Waals surface area (Å²) in [6.07, 6.45) is 0. The molecule has 0 aliphatic rings. The van der Waals surface area contributed by atoms with Crippen molar-refractivity contribution < 1.29 is 9.66 Å². The number of nitro groups is 1. The SMILES string of the molecule is COc1ccccc1NSc1ccc([N+](=O)[O-])cc1. The molecule has 0 spiro atoms. The number of hydrogen-bond acceptors (Lipinski definition) is 5. The first-order chi connectivity index (χ1) is 9.20. The first-order valence-electron chi connectivity index (χ1n) is 5.51. The average molecular weight is 276 g/mol. The van der Waals surface area contributed by atoms with Crippen LogP contribution in [0.2, 0.25) is 0 Å². The molecule has 6 heteroatoms. The fourth-order valence-corrected chi connectivity index (χ4v) is 2.15. The van der Waals surface area contributed by atoms with E-state index in [1.165, 1.54) is 24.1 Å². The Morgan fingerprint density at radius 2 is 1.84 bits per heavy atom. The highest BCUT2D eigenvalue weighted by molar-refractivity contribution is 8.00. The van der Waals surface area contributed by atoms with E-state index < -0.39 is 4.92 Å². The molecule has 0 fully saturated rings. The van der Waals surface area contributed by atoms with E-state index in [-0.39, 0.29) is 5.69 Å². The lowest BCUT2D eigenvalue weighted by molar-refractivity contribution is -0.384. The van der Waals surface area contributed by atoms with E-state index in [1.54, 1.807) is 19.2 Å². The van der Waals surface area contributed by atoms with E-state index in [0.29, 0.717) is 0 Å². The molecule has 98 valence electrons. The molecule has 0 radical (unpaired) electrons. The monoisotopic (exact) mass is 276 g/mol. The van der Waals surface area contributed by atoms with E-state index in [2.05, 4.69) is 4.72 Å². The van der Waals surface area contributed by atoms with Crippen LogP contribution in [0.15, 0.2) is 53.4 Å². The zero-order valence-electron chi connectivity index (χ0n) is 10.2. The van der Waals surface area contributed by atoms with Crippen molar-refractivity contribution in [2.75, 3.05) is 11.8 Å². The maximum Gasteiger partial charge on any atom is 0.269 e. The van der Waals surface area contributed by atoms with Crippen molar-refractivity contribution in [3.05, 3.63) is 58.6 Å². The van der Waals surface area contributed by atoms with Crippen LogP contribution in [0.1, 0.15) is 0 Å². The molecule has 1 N–H and O–H groups in total. The summed E-state index contributed by atoms with van der Waals surface area (Å²) in [5, 5.41) is 10.5. The Morgan fingerprint density at radius 3 is 2.47 bits per heavy atom. The molecule has 5 nitrogen and oxygen atoms in total. The zero-order valence-corrected chi connectivity index (χ0v) is 11.0. The predicted octanol–water partition coefficient (Wildman–Crippen LogP) is 3.72. The number of nitro benzene ring substituents is 1. The van der Waals surface area contributed by atoms with Crippen LogP contribution in [0.25, 0.3) is 0 Å². The molecule has 19 heavy (non-hydrogen) atoms. The number of para-hydroxylation sites is 2. The molecule has 2 aromatic carbocycles.